The molecule has 1 saturated heterocycles. The third-order valence-electron chi connectivity index (χ3n) is 5.56. The van der Waals surface area contributed by atoms with E-state index in [4.69, 9.17) is 4.74 Å². The highest BCUT2D eigenvalue weighted by atomic mass is 32.1. The Morgan fingerprint density at radius 2 is 2.00 bits per heavy atom. The number of likely N-dealkylation sites (tertiary alicyclic amines) is 1. The van der Waals surface area contributed by atoms with Gasteiger partial charge in [0.1, 0.15) is 16.5 Å². The fourth-order valence-electron chi connectivity index (χ4n) is 4.34. The largest absolute Gasteiger partial charge is 0.496 e. The van der Waals surface area contributed by atoms with E-state index in [9.17, 15) is 4.79 Å². The highest BCUT2D eigenvalue weighted by molar-refractivity contribution is 7.13. The average molecular weight is 356 g/mol. The van der Waals surface area contributed by atoms with Gasteiger partial charge in [-0.15, -0.1) is 11.3 Å². The van der Waals surface area contributed by atoms with Crippen molar-refractivity contribution in [3.63, 3.8) is 0 Å². The van der Waals surface area contributed by atoms with Gasteiger partial charge in [0.2, 0.25) is 0 Å². The van der Waals surface area contributed by atoms with Crippen LogP contribution in [0.15, 0.2) is 29.6 Å². The Bertz CT molecular complexity index is 756. The van der Waals surface area contributed by atoms with Gasteiger partial charge in [-0.1, -0.05) is 25.0 Å². The molecule has 0 N–H and O–H groups in total. The summed E-state index contributed by atoms with van der Waals surface area (Å²) in [6.45, 7) is 0.877. The number of benzene rings is 1. The van der Waals surface area contributed by atoms with Gasteiger partial charge in [0, 0.05) is 18.0 Å². The van der Waals surface area contributed by atoms with E-state index in [1.807, 2.05) is 29.6 Å². The molecule has 1 amide bonds. The zero-order chi connectivity index (χ0) is 17.2. The summed E-state index contributed by atoms with van der Waals surface area (Å²) in [4.78, 5) is 19.8. The second-order valence-corrected chi connectivity index (χ2v) is 7.85. The van der Waals surface area contributed by atoms with Crippen LogP contribution in [-0.4, -0.2) is 35.5 Å². The first-order valence-electron chi connectivity index (χ1n) is 9.18. The number of hydrogen-bond acceptors (Lipinski definition) is 4. The van der Waals surface area contributed by atoms with Gasteiger partial charge in [0.25, 0.3) is 5.91 Å². The molecule has 2 aliphatic rings. The molecule has 2 heterocycles. The minimum atomic E-state index is 0.106. The van der Waals surface area contributed by atoms with Gasteiger partial charge in [-0.2, -0.15) is 0 Å². The van der Waals surface area contributed by atoms with Crippen LogP contribution < -0.4 is 4.74 Å². The predicted molar refractivity (Wildman–Crippen MR) is 100 cm³/mol. The summed E-state index contributed by atoms with van der Waals surface area (Å²) in [6.07, 6.45) is 7.39. The molecule has 2 fully saturated rings. The molecule has 2 atom stereocenters. The molecule has 5 heteroatoms. The van der Waals surface area contributed by atoms with Crippen molar-refractivity contribution >= 4 is 17.2 Å². The van der Waals surface area contributed by atoms with Gasteiger partial charge in [-0.05, 0) is 43.7 Å². The van der Waals surface area contributed by atoms with Gasteiger partial charge in [-0.3, -0.25) is 4.79 Å². The van der Waals surface area contributed by atoms with E-state index in [1.165, 1.54) is 37.0 Å². The summed E-state index contributed by atoms with van der Waals surface area (Å²) in [6, 6.07) is 8.25. The first-order valence-corrected chi connectivity index (χ1v) is 10.1. The monoisotopic (exact) mass is 356 g/mol. The Balaban J connectivity index is 1.58. The Morgan fingerprint density at radius 3 is 2.88 bits per heavy atom. The fraction of sp³-hybridized carbons (Fsp3) is 0.500. The number of amides is 1. The average Bonchev–Trinajstić information content (AvgIpc) is 3.17. The summed E-state index contributed by atoms with van der Waals surface area (Å²) in [7, 11) is 1.66. The SMILES string of the molecule is COc1ccccc1-c1nc(C(=O)N2CCCC3CCCCC32)cs1. The second kappa shape index (κ2) is 7.16. The normalized spacial score (nSPS) is 23.2. The van der Waals surface area contributed by atoms with Gasteiger partial charge in [0.15, 0.2) is 0 Å². The molecule has 1 aliphatic heterocycles. The van der Waals surface area contributed by atoms with Crippen molar-refractivity contribution in [1.29, 1.82) is 0 Å². The third-order valence-corrected chi connectivity index (χ3v) is 6.44. The lowest BCUT2D eigenvalue weighted by atomic mass is 9.78. The summed E-state index contributed by atoms with van der Waals surface area (Å²) >= 11 is 1.52. The molecule has 25 heavy (non-hydrogen) atoms. The maximum absolute atomic E-state index is 13.1. The van der Waals surface area contributed by atoms with Crippen molar-refractivity contribution in [3.8, 4) is 16.3 Å². The molecular formula is C20H24N2O2S. The number of rotatable bonds is 3. The van der Waals surface area contributed by atoms with Crippen molar-refractivity contribution < 1.29 is 9.53 Å². The van der Waals surface area contributed by atoms with E-state index in [0.717, 1.165) is 35.7 Å². The Hall–Kier alpha value is -1.88. The van der Waals surface area contributed by atoms with Crippen LogP contribution in [-0.2, 0) is 0 Å². The topological polar surface area (TPSA) is 42.4 Å². The molecule has 0 radical (unpaired) electrons. The first-order chi connectivity index (χ1) is 12.3. The smallest absolute Gasteiger partial charge is 0.273 e. The zero-order valence-corrected chi connectivity index (χ0v) is 15.4. The fourth-order valence-corrected chi connectivity index (χ4v) is 5.16. The van der Waals surface area contributed by atoms with Gasteiger partial charge >= 0.3 is 0 Å². The van der Waals surface area contributed by atoms with Gasteiger partial charge < -0.3 is 9.64 Å². The number of ether oxygens (including phenoxy) is 1. The van der Waals surface area contributed by atoms with Crippen molar-refractivity contribution in [1.82, 2.24) is 9.88 Å². The number of carbonyl (C=O) groups excluding carboxylic acids is 1. The lowest BCUT2D eigenvalue weighted by molar-refractivity contribution is 0.0386. The van der Waals surface area contributed by atoms with Gasteiger partial charge in [0.05, 0.1) is 12.7 Å². The van der Waals surface area contributed by atoms with Crippen LogP contribution in [0, 0.1) is 5.92 Å². The standard InChI is InChI=1S/C20H24N2O2S/c1-24-18-11-5-3-9-15(18)19-21-16(13-25-19)20(23)22-12-6-8-14-7-2-4-10-17(14)22/h3,5,9,11,13-14,17H,2,4,6-8,10,12H2,1H3. The van der Waals surface area contributed by atoms with Crippen LogP contribution in [0.1, 0.15) is 49.0 Å². The number of carbonyl (C=O) groups is 1. The number of piperidine rings is 1. The second-order valence-electron chi connectivity index (χ2n) is 6.99. The molecule has 4 rings (SSSR count). The molecule has 1 aromatic heterocycles. The molecule has 132 valence electrons. The number of para-hydroxylation sites is 1. The lowest BCUT2D eigenvalue weighted by Crippen LogP contribution is -2.49. The molecule has 1 saturated carbocycles. The third kappa shape index (κ3) is 3.17. The molecule has 1 aromatic carbocycles. The minimum Gasteiger partial charge on any atom is -0.496 e. The highest BCUT2D eigenvalue weighted by Gasteiger charge is 2.36. The molecule has 1 aliphatic carbocycles. The molecule has 0 bridgehead atoms. The maximum Gasteiger partial charge on any atom is 0.273 e. The lowest BCUT2D eigenvalue weighted by Gasteiger charge is -2.43. The summed E-state index contributed by atoms with van der Waals surface area (Å²) in [5.41, 5.74) is 1.53. The zero-order valence-electron chi connectivity index (χ0n) is 14.6. The van der Waals surface area contributed by atoms with Crippen LogP contribution in [0.2, 0.25) is 0 Å². The van der Waals surface area contributed by atoms with Crippen LogP contribution in [0.3, 0.4) is 0 Å². The van der Waals surface area contributed by atoms with Crippen molar-refractivity contribution in [2.24, 2.45) is 5.92 Å². The number of fused-ring (bicyclic) bond motifs is 1. The van der Waals surface area contributed by atoms with Crippen molar-refractivity contribution in [2.75, 3.05) is 13.7 Å². The number of aromatic nitrogens is 1. The number of thiazole rings is 1. The molecule has 4 nitrogen and oxygen atoms in total. The highest BCUT2D eigenvalue weighted by Crippen LogP contribution is 2.37. The maximum atomic E-state index is 13.1. The molecule has 2 aromatic rings. The van der Waals surface area contributed by atoms with Gasteiger partial charge in [-0.25, -0.2) is 4.98 Å². The van der Waals surface area contributed by atoms with Crippen LogP contribution in [0.25, 0.3) is 10.6 Å². The molecule has 0 spiro atoms. The van der Waals surface area contributed by atoms with E-state index >= 15 is 0 Å². The number of methoxy groups -OCH3 is 1. The Morgan fingerprint density at radius 1 is 1.20 bits per heavy atom. The van der Waals surface area contributed by atoms with Crippen molar-refractivity contribution in [2.45, 2.75) is 44.6 Å². The minimum absolute atomic E-state index is 0.106. The predicted octanol–water partition coefficient (Wildman–Crippen LogP) is 4.61. The van der Waals surface area contributed by atoms with E-state index in [2.05, 4.69) is 9.88 Å². The van der Waals surface area contributed by atoms with Crippen LogP contribution in [0.5, 0.6) is 5.75 Å². The summed E-state index contributed by atoms with van der Waals surface area (Å²) in [5.74, 6) is 1.59. The summed E-state index contributed by atoms with van der Waals surface area (Å²) in [5, 5.41) is 2.74. The van der Waals surface area contributed by atoms with Crippen LogP contribution in [0.4, 0.5) is 0 Å². The summed E-state index contributed by atoms with van der Waals surface area (Å²) < 4.78 is 5.43. The van der Waals surface area contributed by atoms with E-state index < -0.39 is 0 Å². The van der Waals surface area contributed by atoms with E-state index in [1.54, 1.807) is 7.11 Å². The first kappa shape index (κ1) is 16.6. The Kier molecular flexibility index (Phi) is 4.75. The quantitative estimate of drug-likeness (QED) is 0.806. The van der Waals surface area contributed by atoms with E-state index in [-0.39, 0.29) is 5.91 Å². The molecule has 2 unspecified atom stereocenters. The number of nitrogens with zero attached hydrogens (tertiary/aromatic N) is 2. The van der Waals surface area contributed by atoms with Crippen LogP contribution >= 0.6 is 11.3 Å². The molecular weight excluding hydrogens is 332 g/mol. The number of hydrogen-bond donors (Lipinski definition) is 0. The Labute approximate surface area is 152 Å². The van der Waals surface area contributed by atoms with E-state index in [0.29, 0.717) is 17.7 Å². The van der Waals surface area contributed by atoms with Crippen molar-refractivity contribution in [3.05, 3.63) is 35.3 Å².